The zero-order valence-corrected chi connectivity index (χ0v) is 25.0. The summed E-state index contributed by atoms with van der Waals surface area (Å²) >= 11 is 13.2. The zero-order chi connectivity index (χ0) is 28.9. The average Bonchev–Trinajstić information content (AvgIpc) is 3.30. The quantitative estimate of drug-likeness (QED) is 0.242. The first-order valence-corrected chi connectivity index (χ1v) is 15.1. The Morgan fingerprint density at radius 1 is 0.974 bits per heavy atom. The van der Waals surface area contributed by atoms with E-state index in [0.717, 1.165) is 11.9 Å². The van der Waals surface area contributed by atoms with Gasteiger partial charge in [0.05, 0.1) is 16.0 Å². The molecule has 1 heterocycles. The number of halogens is 3. The highest BCUT2D eigenvalue weighted by Crippen LogP contribution is 2.41. The second-order valence-corrected chi connectivity index (χ2v) is 13.5. The Bertz CT molecular complexity index is 1630. The number of nitrogens with zero attached hydrogens (tertiary/aromatic N) is 2. The lowest BCUT2D eigenvalue weighted by molar-refractivity contribution is 0.0740. The Morgan fingerprint density at radius 2 is 1.56 bits per heavy atom. The fraction of sp³-hybridized carbons (Fsp3) is 0.300. The molecule has 4 rings (SSSR count). The minimum absolute atomic E-state index is 0.00541. The summed E-state index contributed by atoms with van der Waals surface area (Å²) in [5.41, 5.74) is 1.25. The van der Waals surface area contributed by atoms with Crippen LogP contribution in [0.15, 0.2) is 65.7 Å². The van der Waals surface area contributed by atoms with E-state index in [4.69, 9.17) is 28.2 Å². The maximum absolute atomic E-state index is 14.9. The zero-order valence-electron chi connectivity index (χ0n) is 22.7. The van der Waals surface area contributed by atoms with Crippen LogP contribution < -0.4 is 0 Å². The number of hydrogen-bond acceptors (Lipinski definition) is 4. The molecule has 9 heteroatoms. The molecule has 39 heavy (non-hydrogen) atoms. The van der Waals surface area contributed by atoms with Crippen LogP contribution in [0.4, 0.5) is 4.39 Å². The van der Waals surface area contributed by atoms with Crippen molar-refractivity contribution in [3.63, 3.8) is 0 Å². The van der Waals surface area contributed by atoms with E-state index in [2.05, 4.69) is 0 Å². The van der Waals surface area contributed by atoms with Gasteiger partial charge >= 0.3 is 0 Å². The Labute approximate surface area is 239 Å². The number of imidazole rings is 1. The van der Waals surface area contributed by atoms with E-state index in [9.17, 15) is 17.9 Å². The molecule has 1 aromatic heterocycles. The van der Waals surface area contributed by atoms with Gasteiger partial charge in [0.1, 0.15) is 17.2 Å². The predicted octanol–water partition coefficient (Wildman–Crippen LogP) is 7.50. The number of aliphatic hydroxyl groups is 1. The first kappa shape index (κ1) is 29.3. The van der Waals surface area contributed by atoms with Gasteiger partial charge in [-0.05, 0) is 81.6 Å². The smallest absolute Gasteiger partial charge is 0.175 e. The molecule has 5 nitrogen and oxygen atoms in total. The summed E-state index contributed by atoms with van der Waals surface area (Å²) in [6.45, 7) is 8.98. The molecular formula is C30H31Cl2FN2O3S. The summed E-state index contributed by atoms with van der Waals surface area (Å²) in [5.74, 6) is 0.0599. The van der Waals surface area contributed by atoms with Crippen molar-refractivity contribution in [2.75, 3.05) is 6.26 Å². The van der Waals surface area contributed by atoms with E-state index in [1.807, 2.05) is 30.5 Å². The molecule has 0 unspecified atom stereocenters. The van der Waals surface area contributed by atoms with Gasteiger partial charge in [0, 0.05) is 39.3 Å². The number of rotatable bonds is 7. The normalized spacial score (nSPS) is 12.7. The van der Waals surface area contributed by atoms with Crippen molar-refractivity contribution in [2.45, 2.75) is 57.0 Å². The molecule has 0 saturated heterocycles. The second-order valence-electron chi connectivity index (χ2n) is 10.7. The van der Waals surface area contributed by atoms with Crippen LogP contribution in [0.3, 0.4) is 0 Å². The van der Waals surface area contributed by atoms with Crippen molar-refractivity contribution in [1.82, 2.24) is 9.55 Å². The fourth-order valence-corrected chi connectivity index (χ4v) is 6.69. The highest BCUT2D eigenvalue weighted by molar-refractivity contribution is 7.90. The lowest BCUT2D eigenvalue weighted by Gasteiger charge is -2.28. The van der Waals surface area contributed by atoms with Crippen molar-refractivity contribution >= 4 is 33.0 Å². The van der Waals surface area contributed by atoms with Crippen LogP contribution in [0.2, 0.25) is 10.0 Å². The SMILES string of the molecule is CCc1c(F)cc(-c2ccc(-n3cc(C(C)(C)O)nc3C(C)(C)c3c(Cl)cccc3Cl)cc2)cc1S(C)(=O)=O. The topological polar surface area (TPSA) is 72.2 Å². The molecule has 0 amide bonds. The van der Waals surface area contributed by atoms with Crippen LogP contribution in [0.1, 0.15) is 57.3 Å². The molecule has 206 valence electrons. The van der Waals surface area contributed by atoms with Crippen LogP contribution in [0.5, 0.6) is 0 Å². The summed E-state index contributed by atoms with van der Waals surface area (Å²) in [6, 6.07) is 15.5. The molecule has 0 aliphatic rings. The van der Waals surface area contributed by atoms with E-state index in [0.29, 0.717) is 38.3 Å². The number of hydrogen-bond donors (Lipinski definition) is 1. The maximum atomic E-state index is 14.9. The summed E-state index contributed by atoms with van der Waals surface area (Å²) in [5, 5.41) is 11.8. The molecule has 1 N–H and O–H groups in total. The van der Waals surface area contributed by atoms with E-state index in [-0.39, 0.29) is 16.9 Å². The van der Waals surface area contributed by atoms with E-state index in [1.165, 1.54) is 12.1 Å². The molecule has 0 spiro atoms. The van der Waals surface area contributed by atoms with Gasteiger partial charge in [0.25, 0.3) is 0 Å². The fourth-order valence-electron chi connectivity index (χ4n) is 4.79. The summed E-state index contributed by atoms with van der Waals surface area (Å²) in [4.78, 5) is 4.81. The summed E-state index contributed by atoms with van der Waals surface area (Å²) in [7, 11) is -3.61. The van der Waals surface area contributed by atoms with Crippen LogP contribution in [-0.4, -0.2) is 29.3 Å². The van der Waals surface area contributed by atoms with Crippen LogP contribution in [-0.2, 0) is 27.3 Å². The van der Waals surface area contributed by atoms with Crippen LogP contribution in [0.25, 0.3) is 16.8 Å². The molecule has 0 bridgehead atoms. The Kier molecular flexibility index (Phi) is 7.78. The van der Waals surface area contributed by atoms with Gasteiger partial charge in [0.2, 0.25) is 0 Å². The largest absolute Gasteiger partial charge is 0.384 e. The molecule has 3 aromatic carbocycles. The highest BCUT2D eigenvalue weighted by atomic mass is 35.5. The van der Waals surface area contributed by atoms with Gasteiger partial charge in [-0.15, -0.1) is 0 Å². The van der Waals surface area contributed by atoms with Crippen molar-refractivity contribution in [1.29, 1.82) is 0 Å². The Morgan fingerprint density at radius 3 is 2.08 bits per heavy atom. The van der Waals surface area contributed by atoms with E-state index in [1.54, 1.807) is 57.3 Å². The molecule has 4 aromatic rings. The van der Waals surface area contributed by atoms with Gasteiger partial charge in [-0.3, -0.25) is 0 Å². The predicted molar refractivity (Wildman–Crippen MR) is 155 cm³/mol. The summed E-state index contributed by atoms with van der Waals surface area (Å²) in [6.07, 6.45) is 3.13. The first-order valence-electron chi connectivity index (χ1n) is 12.5. The van der Waals surface area contributed by atoms with E-state index >= 15 is 0 Å². The Hall–Kier alpha value is -2.71. The van der Waals surface area contributed by atoms with Gasteiger partial charge < -0.3 is 9.67 Å². The van der Waals surface area contributed by atoms with Crippen LogP contribution in [0, 0.1) is 5.82 Å². The van der Waals surface area contributed by atoms with Crippen molar-refractivity contribution in [3.05, 3.63) is 99.3 Å². The second kappa shape index (κ2) is 10.4. The molecule has 0 aliphatic heterocycles. The first-order chi connectivity index (χ1) is 18.1. The van der Waals surface area contributed by atoms with E-state index < -0.39 is 26.7 Å². The number of sulfone groups is 1. The summed E-state index contributed by atoms with van der Waals surface area (Å²) < 4.78 is 41.5. The number of benzene rings is 3. The van der Waals surface area contributed by atoms with Gasteiger partial charge in [0.15, 0.2) is 9.84 Å². The van der Waals surface area contributed by atoms with Crippen LogP contribution >= 0.6 is 23.2 Å². The number of aromatic nitrogens is 2. The van der Waals surface area contributed by atoms with Crippen molar-refractivity contribution in [3.8, 4) is 16.8 Å². The minimum Gasteiger partial charge on any atom is -0.384 e. The van der Waals surface area contributed by atoms with Gasteiger partial charge in [-0.1, -0.05) is 48.3 Å². The lowest BCUT2D eigenvalue weighted by Crippen LogP contribution is -2.25. The van der Waals surface area contributed by atoms with Crippen molar-refractivity contribution in [2.24, 2.45) is 0 Å². The molecule has 0 atom stereocenters. The van der Waals surface area contributed by atoms with Gasteiger partial charge in [-0.25, -0.2) is 17.8 Å². The average molecular weight is 590 g/mol. The third kappa shape index (κ3) is 5.64. The van der Waals surface area contributed by atoms with Crippen molar-refractivity contribution < 1.29 is 17.9 Å². The standard InChI is InChI=1S/C30H31Cl2FN2O3S/c1-7-21-24(33)15-19(16-25(21)39(6,37)38)18-11-13-20(14-12-18)35-17-26(30(4,5)36)34-28(35)29(2,3)27-22(31)9-8-10-23(27)32/h8-17,36H,7H2,1-6H3. The molecule has 0 saturated carbocycles. The molecular weight excluding hydrogens is 558 g/mol. The molecule has 0 fully saturated rings. The highest BCUT2D eigenvalue weighted by Gasteiger charge is 2.35. The maximum Gasteiger partial charge on any atom is 0.175 e. The minimum atomic E-state index is -3.61. The molecule has 0 aliphatic carbocycles. The molecule has 0 radical (unpaired) electrons. The van der Waals surface area contributed by atoms with Gasteiger partial charge in [-0.2, -0.15) is 0 Å². The lowest BCUT2D eigenvalue weighted by atomic mass is 9.83. The Balaban J connectivity index is 1.86. The third-order valence-electron chi connectivity index (χ3n) is 6.87. The monoisotopic (exact) mass is 588 g/mol. The third-order valence-corrected chi connectivity index (χ3v) is 8.66.